The monoisotopic (exact) mass is 480 g/mol. The van der Waals surface area contributed by atoms with Gasteiger partial charge in [0.2, 0.25) is 5.82 Å². The number of thiocarbonyl (C=S) groups is 1. The number of nitrogens with one attached hydrogen (secondary N) is 1. The molecule has 0 aliphatic carbocycles. The number of anilines is 1. The van der Waals surface area contributed by atoms with E-state index in [4.69, 9.17) is 21.7 Å². The van der Waals surface area contributed by atoms with Crippen LogP contribution in [0.3, 0.4) is 0 Å². The maximum Gasteiger partial charge on any atom is 0.258 e. The number of aryl methyl sites for hydroxylation is 2. The minimum atomic E-state index is -0.205. The summed E-state index contributed by atoms with van der Waals surface area (Å²) >= 11 is 5.89. The highest BCUT2D eigenvalue weighted by Gasteiger charge is 2.34. The van der Waals surface area contributed by atoms with Gasteiger partial charge in [-0.05, 0) is 60.8 Å². The Hall–Kier alpha value is -3.77. The van der Waals surface area contributed by atoms with Gasteiger partial charge in [-0.2, -0.15) is 4.98 Å². The van der Waals surface area contributed by atoms with Crippen molar-refractivity contribution in [3.05, 3.63) is 107 Å². The van der Waals surface area contributed by atoms with Crippen LogP contribution < -0.4 is 10.2 Å². The first kappa shape index (κ1) is 23.0. The Balaban J connectivity index is 1.65. The molecule has 35 heavy (non-hydrogen) atoms. The summed E-state index contributed by atoms with van der Waals surface area (Å²) in [5.74, 6) is 1.05. The van der Waals surface area contributed by atoms with Crippen molar-refractivity contribution < 1.29 is 4.52 Å². The average molecular weight is 481 g/mol. The Morgan fingerprint density at radius 3 is 2.37 bits per heavy atom. The van der Waals surface area contributed by atoms with Crippen LogP contribution in [-0.4, -0.2) is 15.3 Å². The zero-order valence-electron chi connectivity index (χ0n) is 20.2. The van der Waals surface area contributed by atoms with Gasteiger partial charge in [0, 0.05) is 16.9 Å². The third-order valence-electron chi connectivity index (χ3n) is 6.47. The van der Waals surface area contributed by atoms with Gasteiger partial charge in [0.05, 0.1) is 11.6 Å². The van der Waals surface area contributed by atoms with E-state index in [1.54, 1.807) is 0 Å². The van der Waals surface area contributed by atoms with Gasteiger partial charge < -0.3 is 9.84 Å². The Bertz CT molecular complexity index is 1380. The highest BCUT2D eigenvalue weighted by atomic mass is 32.1. The quantitative estimate of drug-likeness (QED) is 0.309. The molecule has 1 aliphatic rings. The fraction of sp³-hybridized carbons (Fsp3) is 0.207. The van der Waals surface area contributed by atoms with Crippen LogP contribution in [0.2, 0.25) is 0 Å². The maximum absolute atomic E-state index is 5.89. The van der Waals surface area contributed by atoms with Crippen LogP contribution in [0.15, 0.2) is 89.1 Å². The average Bonchev–Trinajstić information content (AvgIpc) is 3.39. The summed E-state index contributed by atoms with van der Waals surface area (Å²) in [6, 6.07) is 26.7. The van der Waals surface area contributed by atoms with Gasteiger partial charge in [-0.1, -0.05) is 85.7 Å². The summed E-state index contributed by atoms with van der Waals surface area (Å²) in [7, 11) is 0. The van der Waals surface area contributed by atoms with Gasteiger partial charge in [-0.3, -0.25) is 4.90 Å². The molecule has 0 saturated carbocycles. The van der Waals surface area contributed by atoms with E-state index in [1.165, 1.54) is 11.1 Å². The first-order valence-electron chi connectivity index (χ1n) is 12.0. The van der Waals surface area contributed by atoms with Crippen LogP contribution in [-0.2, 0) is 12.8 Å². The first-order valence-corrected chi connectivity index (χ1v) is 12.4. The highest BCUT2D eigenvalue weighted by molar-refractivity contribution is 7.80. The number of aromatic nitrogens is 2. The minimum Gasteiger partial charge on any atom is -0.351 e. The van der Waals surface area contributed by atoms with Crippen LogP contribution in [0.25, 0.3) is 17.0 Å². The number of nitrogens with zero attached hydrogens (tertiary/aromatic N) is 3. The predicted molar refractivity (Wildman–Crippen MR) is 145 cm³/mol. The van der Waals surface area contributed by atoms with Crippen molar-refractivity contribution in [3.8, 4) is 11.4 Å². The molecule has 0 radical (unpaired) electrons. The lowest BCUT2D eigenvalue weighted by atomic mass is 9.93. The third-order valence-corrected chi connectivity index (χ3v) is 6.77. The van der Waals surface area contributed by atoms with E-state index >= 15 is 0 Å². The molecule has 1 atom stereocenters. The molecule has 0 saturated heterocycles. The number of hydrogen-bond acceptors (Lipinski definition) is 4. The van der Waals surface area contributed by atoms with E-state index in [-0.39, 0.29) is 6.04 Å². The summed E-state index contributed by atoms with van der Waals surface area (Å²) in [4.78, 5) is 6.87. The summed E-state index contributed by atoms with van der Waals surface area (Å²) in [5, 5.41) is 8.50. The van der Waals surface area contributed by atoms with Gasteiger partial charge >= 0.3 is 0 Å². The zero-order chi connectivity index (χ0) is 24.4. The molecule has 2 heterocycles. The molecule has 3 aromatic carbocycles. The van der Waals surface area contributed by atoms with Crippen molar-refractivity contribution in [2.75, 3.05) is 4.90 Å². The van der Waals surface area contributed by atoms with Crippen LogP contribution in [0.5, 0.6) is 0 Å². The molecular formula is C29H28N4OS. The summed E-state index contributed by atoms with van der Waals surface area (Å²) in [6.07, 6.45) is 1.94. The van der Waals surface area contributed by atoms with E-state index in [0.29, 0.717) is 16.8 Å². The first-order chi connectivity index (χ1) is 17.1. The standard InChI is InChI=1S/C29H28N4OS/c1-4-20-14-16-22(17-15-20)26-25(28-31-27(32-34-28)23-11-7-6-8-12-23)19(3)33(29(35)30-26)24-13-9-10-21(5-2)18-24/h6-18,26H,4-5H2,1-3H3,(H,30,35). The summed E-state index contributed by atoms with van der Waals surface area (Å²) in [6.45, 7) is 6.38. The molecule has 5 nitrogen and oxygen atoms in total. The molecule has 5 rings (SSSR count). The van der Waals surface area contributed by atoms with Crippen LogP contribution in [0.4, 0.5) is 5.69 Å². The molecule has 1 aliphatic heterocycles. The van der Waals surface area contributed by atoms with Crippen molar-refractivity contribution in [1.82, 2.24) is 15.5 Å². The topological polar surface area (TPSA) is 54.2 Å². The van der Waals surface area contributed by atoms with Gasteiger partial charge in [0.1, 0.15) is 0 Å². The van der Waals surface area contributed by atoms with Gasteiger partial charge in [0.25, 0.3) is 5.89 Å². The lowest BCUT2D eigenvalue weighted by molar-refractivity contribution is 0.404. The van der Waals surface area contributed by atoms with E-state index in [0.717, 1.165) is 40.9 Å². The molecule has 176 valence electrons. The Labute approximate surface area is 211 Å². The van der Waals surface area contributed by atoms with E-state index < -0.39 is 0 Å². The molecule has 0 fully saturated rings. The van der Waals surface area contributed by atoms with E-state index in [2.05, 4.69) is 84.7 Å². The fourth-order valence-corrected chi connectivity index (χ4v) is 4.84. The van der Waals surface area contributed by atoms with E-state index in [9.17, 15) is 0 Å². The van der Waals surface area contributed by atoms with Crippen molar-refractivity contribution in [1.29, 1.82) is 0 Å². The Morgan fingerprint density at radius 2 is 1.66 bits per heavy atom. The SMILES string of the molecule is CCc1ccc(C2NC(=S)N(c3cccc(CC)c3)C(C)=C2c2nc(-c3ccccc3)no2)cc1. The minimum absolute atomic E-state index is 0.205. The van der Waals surface area contributed by atoms with E-state index in [1.807, 2.05) is 30.3 Å². The molecule has 1 aromatic heterocycles. The van der Waals surface area contributed by atoms with Crippen LogP contribution in [0.1, 0.15) is 49.4 Å². The molecule has 1 unspecified atom stereocenters. The molecule has 0 amide bonds. The number of hydrogen-bond donors (Lipinski definition) is 1. The second-order valence-electron chi connectivity index (χ2n) is 8.62. The normalized spacial score (nSPS) is 15.9. The summed E-state index contributed by atoms with van der Waals surface area (Å²) < 4.78 is 5.86. The molecule has 1 N–H and O–H groups in total. The second-order valence-corrected chi connectivity index (χ2v) is 9.01. The van der Waals surface area contributed by atoms with Crippen LogP contribution >= 0.6 is 12.2 Å². The van der Waals surface area contributed by atoms with Crippen molar-refractivity contribution >= 4 is 28.6 Å². The number of allylic oxidation sites excluding steroid dienone is 1. The Kier molecular flexibility index (Phi) is 6.47. The zero-order valence-corrected chi connectivity index (χ0v) is 21.0. The van der Waals surface area contributed by atoms with Gasteiger partial charge in [0.15, 0.2) is 5.11 Å². The molecule has 0 bridgehead atoms. The van der Waals surface area contributed by atoms with Gasteiger partial charge in [-0.15, -0.1) is 0 Å². The van der Waals surface area contributed by atoms with Crippen LogP contribution in [0, 0.1) is 0 Å². The van der Waals surface area contributed by atoms with Gasteiger partial charge in [-0.25, -0.2) is 0 Å². The maximum atomic E-state index is 5.89. The van der Waals surface area contributed by atoms with Crippen molar-refractivity contribution in [3.63, 3.8) is 0 Å². The molecule has 4 aromatic rings. The smallest absolute Gasteiger partial charge is 0.258 e. The molecular weight excluding hydrogens is 452 g/mol. The largest absolute Gasteiger partial charge is 0.351 e. The van der Waals surface area contributed by atoms with Crippen molar-refractivity contribution in [2.45, 2.75) is 39.7 Å². The van der Waals surface area contributed by atoms with Crippen molar-refractivity contribution in [2.24, 2.45) is 0 Å². The predicted octanol–water partition coefficient (Wildman–Crippen LogP) is 6.73. The highest BCUT2D eigenvalue weighted by Crippen LogP contribution is 2.39. The lowest BCUT2D eigenvalue weighted by Crippen LogP contribution is -2.46. The number of benzene rings is 3. The summed E-state index contributed by atoms with van der Waals surface area (Å²) in [5.41, 5.74) is 7.45. The molecule has 0 spiro atoms. The Morgan fingerprint density at radius 1 is 0.914 bits per heavy atom. The third kappa shape index (κ3) is 4.49. The second kappa shape index (κ2) is 9.84. The molecule has 6 heteroatoms. The number of rotatable bonds is 6. The lowest BCUT2D eigenvalue weighted by Gasteiger charge is -2.37. The fourth-order valence-electron chi connectivity index (χ4n) is 4.48.